The quantitative estimate of drug-likeness (QED) is 0.653. The number of benzene rings is 2. The summed E-state index contributed by atoms with van der Waals surface area (Å²) in [4.78, 5) is 21.9. The van der Waals surface area contributed by atoms with E-state index in [2.05, 4.69) is 5.32 Å². The summed E-state index contributed by atoms with van der Waals surface area (Å²) >= 11 is 0. The molecular weight excluding hydrogens is 424 g/mol. The van der Waals surface area contributed by atoms with Gasteiger partial charge in [0.25, 0.3) is 10.0 Å². The monoisotopic (exact) mass is 441 g/mol. The maximum Gasteiger partial charge on any atom is 0.409 e. The second kappa shape index (κ2) is 8.14. The van der Waals surface area contributed by atoms with Crippen molar-refractivity contribution >= 4 is 33.4 Å². The van der Waals surface area contributed by atoms with Gasteiger partial charge in [0.2, 0.25) is 5.91 Å². The third-order valence-corrected chi connectivity index (χ3v) is 5.97. The minimum absolute atomic E-state index is 0.0984. The van der Waals surface area contributed by atoms with E-state index in [9.17, 15) is 26.8 Å². The highest BCUT2D eigenvalue weighted by molar-refractivity contribution is 7.92. The maximum absolute atomic E-state index is 14.7. The van der Waals surface area contributed by atoms with Gasteiger partial charge in [-0.25, -0.2) is 22.0 Å². The number of fused-ring (bicyclic) bond motifs is 1. The summed E-state index contributed by atoms with van der Waals surface area (Å²) in [6.07, 6.45) is -2.40. The lowest BCUT2D eigenvalue weighted by molar-refractivity contribution is -0.119. The van der Waals surface area contributed by atoms with Crippen molar-refractivity contribution in [3.63, 3.8) is 0 Å². The third kappa shape index (κ3) is 4.43. The number of nitrogens with one attached hydrogen (secondary N) is 2. The largest absolute Gasteiger partial charge is 0.481 e. The van der Waals surface area contributed by atoms with Crippen molar-refractivity contribution in [3.8, 4) is 5.75 Å². The molecule has 0 saturated heterocycles. The van der Waals surface area contributed by atoms with E-state index in [1.165, 1.54) is 6.92 Å². The van der Waals surface area contributed by atoms with Gasteiger partial charge in [-0.15, -0.1) is 0 Å². The van der Waals surface area contributed by atoms with Gasteiger partial charge < -0.3 is 15.2 Å². The molecule has 2 aromatic carbocycles. The van der Waals surface area contributed by atoms with Gasteiger partial charge >= 0.3 is 6.09 Å². The first-order valence-corrected chi connectivity index (χ1v) is 10.0. The SMILES string of the molecule is CC(=O)NCC1CN(S(=O)(=O)c2ccc(F)cc2)c2cc(NC(=O)O)cc(F)c2O1. The lowest BCUT2D eigenvalue weighted by Gasteiger charge is -2.36. The molecule has 3 N–H and O–H groups in total. The van der Waals surface area contributed by atoms with Crippen LogP contribution >= 0.6 is 0 Å². The summed E-state index contributed by atoms with van der Waals surface area (Å²) in [7, 11) is -4.29. The van der Waals surface area contributed by atoms with E-state index < -0.39 is 39.6 Å². The third-order valence-electron chi connectivity index (χ3n) is 4.18. The fraction of sp³-hybridized carbons (Fsp3) is 0.222. The van der Waals surface area contributed by atoms with Crippen LogP contribution in [0.15, 0.2) is 41.3 Å². The average molecular weight is 441 g/mol. The molecule has 160 valence electrons. The fourth-order valence-electron chi connectivity index (χ4n) is 2.89. The Bertz CT molecular complexity index is 1090. The van der Waals surface area contributed by atoms with E-state index in [0.717, 1.165) is 40.7 Å². The molecule has 9 nitrogen and oxygen atoms in total. The topological polar surface area (TPSA) is 125 Å². The normalized spacial score (nSPS) is 15.7. The van der Waals surface area contributed by atoms with Crippen molar-refractivity contribution in [1.82, 2.24) is 5.32 Å². The molecule has 0 spiro atoms. The van der Waals surface area contributed by atoms with Crippen molar-refractivity contribution in [2.45, 2.75) is 17.9 Å². The smallest absolute Gasteiger partial charge is 0.409 e. The second-order valence-electron chi connectivity index (χ2n) is 6.40. The van der Waals surface area contributed by atoms with E-state index in [1.807, 2.05) is 5.32 Å². The first-order chi connectivity index (χ1) is 14.1. The molecule has 0 aromatic heterocycles. The summed E-state index contributed by atoms with van der Waals surface area (Å²) < 4.78 is 60.6. The Balaban J connectivity index is 2.09. The lowest BCUT2D eigenvalue weighted by Crippen LogP contribution is -2.48. The predicted molar refractivity (Wildman–Crippen MR) is 102 cm³/mol. The van der Waals surface area contributed by atoms with Crippen LogP contribution in [0.4, 0.5) is 25.0 Å². The Morgan fingerprint density at radius 1 is 1.23 bits per heavy atom. The summed E-state index contributed by atoms with van der Waals surface area (Å²) in [5.41, 5.74) is -0.441. The molecule has 0 aliphatic carbocycles. The van der Waals surface area contributed by atoms with Crippen molar-refractivity contribution < 1.29 is 36.6 Å². The highest BCUT2D eigenvalue weighted by Crippen LogP contribution is 2.41. The lowest BCUT2D eigenvalue weighted by atomic mass is 10.2. The number of ether oxygens (including phenoxy) is 1. The molecule has 1 aliphatic heterocycles. The number of carbonyl (C=O) groups is 2. The minimum atomic E-state index is -4.29. The molecule has 1 aliphatic rings. The Morgan fingerprint density at radius 3 is 2.50 bits per heavy atom. The second-order valence-corrected chi connectivity index (χ2v) is 8.27. The van der Waals surface area contributed by atoms with Crippen molar-refractivity contribution in [2.75, 3.05) is 22.7 Å². The standard InChI is InChI=1S/C18H17F2N3O6S/c1-10(24)21-8-13-9-23(30(27,28)14-4-2-11(19)3-5-14)16-7-12(22-18(25)26)6-15(20)17(16)29-13/h2-7,13,22H,8-9H2,1H3,(H,21,24)(H,25,26). The summed E-state index contributed by atoms with van der Waals surface area (Å²) in [6, 6.07) is 5.99. The molecule has 0 radical (unpaired) electrons. The van der Waals surface area contributed by atoms with Crippen LogP contribution in [0.25, 0.3) is 0 Å². The van der Waals surface area contributed by atoms with E-state index in [0.29, 0.717) is 0 Å². The number of sulfonamides is 1. The van der Waals surface area contributed by atoms with E-state index >= 15 is 0 Å². The number of carboxylic acid groups (broad SMARTS) is 1. The molecule has 1 unspecified atom stereocenters. The van der Waals surface area contributed by atoms with Crippen LogP contribution in [-0.2, 0) is 14.8 Å². The van der Waals surface area contributed by atoms with E-state index in [4.69, 9.17) is 9.84 Å². The van der Waals surface area contributed by atoms with Crippen LogP contribution in [0.2, 0.25) is 0 Å². The first kappa shape index (κ1) is 21.3. The zero-order valence-corrected chi connectivity index (χ0v) is 16.4. The van der Waals surface area contributed by atoms with Gasteiger partial charge in [0.15, 0.2) is 11.6 Å². The molecule has 0 fully saturated rings. The molecular formula is C18H17F2N3O6S. The first-order valence-electron chi connectivity index (χ1n) is 8.61. The number of amides is 2. The predicted octanol–water partition coefficient (Wildman–Crippen LogP) is 2.15. The van der Waals surface area contributed by atoms with Crippen LogP contribution in [0, 0.1) is 11.6 Å². The van der Waals surface area contributed by atoms with Gasteiger partial charge in [-0.1, -0.05) is 0 Å². The number of hydrogen-bond donors (Lipinski definition) is 3. The van der Waals surface area contributed by atoms with Crippen molar-refractivity contribution in [2.24, 2.45) is 0 Å². The molecule has 1 atom stereocenters. The Kier molecular flexibility index (Phi) is 5.78. The van der Waals surface area contributed by atoms with Crippen LogP contribution in [-0.4, -0.2) is 44.7 Å². The number of hydrogen-bond acceptors (Lipinski definition) is 5. The average Bonchev–Trinajstić information content (AvgIpc) is 2.66. The molecule has 2 amide bonds. The van der Waals surface area contributed by atoms with Crippen molar-refractivity contribution in [1.29, 1.82) is 0 Å². The Morgan fingerprint density at radius 2 is 1.90 bits per heavy atom. The maximum atomic E-state index is 14.7. The van der Waals surface area contributed by atoms with E-state index in [-0.39, 0.29) is 35.3 Å². The zero-order chi connectivity index (χ0) is 22.1. The zero-order valence-electron chi connectivity index (χ0n) is 15.6. The van der Waals surface area contributed by atoms with Gasteiger partial charge in [-0.05, 0) is 30.3 Å². The highest BCUT2D eigenvalue weighted by Gasteiger charge is 2.36. The number of anilines is 2. The van der Waals surface area contributed by atoms with Crippen LogP contribution in [0.1, 0.15) is 6.92 Å². The molecule has 0 saturated carbocycles. The highest BCUT2D eigenvalue weighted by atomic mass is 32.2. The van der Waals surface area contributed by atoms with Crippen LogP contribution in [0.5, 0.6) is 5.75 Å². The minimum Gasteiger partial charge on any atom is -0.481 e. The number of carbonyl (C=O) groups excluding carboxylic acids is 1. The van der Waals surface area contributed by atoms with E-state index in [1.54, 1.807) is 0 Å². The fourth-order valence-corrected chi connectivity index (χ4v) is 4.38. The Labute approximate surface area is 170 Å². The van der Waals surface area contributed by atoms with Gasteiger partial charge in [-0.3, -0.25) is 14.4 Å². The number of nitrogens with zero attached hydrogens (tertiary/aromatic N) is 1. The Hall–Kier alpha value is -3.41. The van der Waals surface area contributed by atoms with Gasteiger partial charge in [0.05, 0.1) is 23.7 Å². The summed E-state index contributed by atoms with van der Waals surface area (Å²) in [5, 5.41) is 13.3. The van der Waals surface area contributed by atoms with Crippen LogP contribution in [0.3, 0.4) is 0 Å². The number of rotatable bonds is 5. The summed E-state index contributed by atoms with van der Waals surface area (Å²) in [5.74, 6) is -2.45. The van der Waals surface area contributed by atoms with Crippen LogP contribution < -0.4 is 19.7 Å². The molecule has 3 rings (SSSR count). The van der Waals surface area contributed by atoms with Crippen molar-refractivity contribution in [3.05, 3.63) is 48.0 Å². The molecule has 12 heteroatoms. The molecule has 1 heterocycles. The molecule has 0 bridgehead atoms. The summed E-state index contributed by atoms with van der Waals surface area (Å²) in [6.45, 7) is 0.857. The van der Waals surface area contributed by atoms with Gasteiger partial charge in [0, 0.05) is 18.7 Å². The molecule has 2 aromatic rings. The number of halogens is 2. The van der Waals surface area contributed by atoms with Gasteiger partial charge in [-0.2, -0.15) is 0 Å². The molecule has 30 heavy (non-hydrogen) atoms. The van der Waals surface area contributed by atoms with Gasteiger partial charge in [0.1, 0.15) is 11.9 Å².